The summed E-state index contributed by atoms with van der Waals surface area (Å²) in [5, 5.41) is 0. The second-order valence-electron chi connectivity index (χ2n) is 11.6. The third kappa shape index (κ3) is 4.18. The summed E-state index contributed by atoms with van der Waals surface area (Å²) >= 11 is 1.85. The highest BCUT2D eigenvalue weighted by Crippen LogP contribution is 2.58. The Hall–Kier alpha value is -5.58. The minimum absolute atomic E-state index is 0.535. The Morgan fingerprint density at radius 1 is 0.457 bits per heavy atom. The molecule has 0 atom stereocenters. The van der Waals surface area contributed by atoms with E-state index in [9.17, 15) is 0 Å². The molecule has 5 aromatic carbocycles. The fraction of sp³-hybridized carbons (Fsp3) is 0.0238. The largest absolute Gasteiger partial charge is 0.264 e. The van der Waals surface area contributed by atoms with E-state index >= 15 is 0 Å². The second kappa shape index (κ2) is 10.8. The van der Waals surface area contributed by atoms with Crippen molar-refractivity contribution in [2.24, 2.45) is 0 Å². The molecule has 3 heterocycles. The number of rotatable bonds is 3. The molecular formula is C42H27N3S. The van der Waals surface area contributed by atoms with E-state index in [1.54, 1.807) is 6.20 Å². The summed E-state index contributed by atoms with van der Waals surface area (Å²) in [6.07, 6.45) is 8.19. The summed E-state index contributed by atoms with van der Waals surface area (Å²) in [5.41, 5.74) is 11.7. The van der Waals surface area contributed by atoms with Crippen LogP contribution in [0.5, 0.6) is 0 Å². The van der Waals surface area contributed by atoms with Gasteiger partial charge in [0, 0.05) is 38.9 Å². The van der Waals surface area contributed by atoms with Crippen LogP contribution in [0.25, 0.3) is 46.1 Å². The summed E-state index contributed by atoms with van der Waals surface area (Å²) in [6, 6.07) is 49.7. The minimum Gasteiger partial charge on any atom is -0.264 e. The fourth-order valence-electron chi connectivity index (χ4n) is 7.04. The van der Waals surface area contributed by atoms with Gasteiger partial charge in [-0.1, -0.05) is 127 Å². The first-order valence-electron chi connectivity index (χ1n) is 15.4. The molecule has 0 bridgehead atoms. The van der Waals surface area contributed by atoms with Crippen LogP contribution in [-0.4, -0.2) is 15.0 Å². The Morgan fingerprint density at radius 3 is 1.78 bits per heavy atom. The molecule has 0 radical (unpaired) electrons. The van der Waals surface area contributed by atoms with E-state index in [4.69, 9.17) is 9.97 Å². The monoisotopic (exact) mass is 605 g/mol. The van der Waals surface area contributed by atoms with E-state index in [1.165, 1.54) is 43.2 Å². The highest BCUT2D eigenvalue weighted by Gasteiger charge is 2.46. The highest BCUT2D eigenvalue weighted by molar-refractivity contribution is 7.99. The lowest BCUT2D eigenvalue weighted by molar-refractivity contribution is 0.701. The zero-order valence-electron chi connectivity index (χ0n) is 24.8. The number of aromatic nitrogens is 3. The average Bonchev–Trinajstić information content (AvgIpc) is 3.27. The molecule has 1 spiro atoms. The molecule has 0 fully saturated rings. The molecule has 4 heteroatoms. The topological polar surface area (TPSA) is 38.7 Å². The lowest BCUT2D eigenvalue weighted by Gasteiger charge is -2.42. The molecule has 1 aliphatic carbocycles. The van der Waals surface area contributed by atoms with Crippen LogP contribution >= 0.6 is 11.8 Å². The Bertz CT molecular complexity index is 2190. The van der Waals surface area contributed by atoms with Gasteiger partial charge in [0.15, 0.2) is 5.82 Å². The summed E-state index contributed by atoms with van der Waals surface area (Å²) in [6.45, 7) is 0. The summed E-state index contributed by atoms with van der Waals surface area (Å²) in [7, 11) is 0. The van der Waals surface area contributed by atoms with Crippen molar-refractivity contribution >= 4 is 23.9 Å². The fourth-order valence-corrected chi connectivity index (χ4v) is 8.24. The third-order valence-electron chi connectivity index (χ3n) is 9.08. The van der Waals surface area contributed by atoms with Gasteiger partial charge in [-0.2, -0.15) is 0 Å². The molecule has 1 aliphatic heterocycles. The third-order valence-corrected chi connectivity index (χ3v) is 10.2. The Morgan fingerprint density at radius 2 is 1.07 bits per heavy atom. The van der Waals surface area contributed by atoms with Gasteiger partial charge < -0.3 is 0 Å². The Kier molecular flexibility index (Phi) is 6.29. The second-order valence-corrected chi connectivity index (χ2v) is 12.7. The van der Waals surface area contributed by atoms with Crippen molar-refractivity contribution in [2.75, 3.05) is 0 Å². The van der Waals surface area contributed by atoms with Gasteiger partial charge in [0.1, 0.15) is 0 Å². The summed E-state index contributed by atoms with van der Waals surface area (Å²) in [5.74, 6) is 0.687. The zero-order valence-corrected chi connectivity index (χ0v) is 25.7. The molecule has 2 aromatic heterocycles. The van der Waals surface area contributed by atoms with Crippen LogP contribution in [0.15, 0.2) is 162 Å². The molecule has 2 aliphatic rings. The first-order valence-corrected chi connectivity index (χ1v) is 16.2. The number of hydrogen-bond acceptors (Lipinski definition) is 4. The zero-order chi connectivity index (χ0) is 30.5. The van der Waals surface area contributed by atoms with Gasteiger partial charge in [0.2, 0.25) is 0 Å². The molecule has 216 valence electrons. The van der Waals surface area contributed by atoms with Gasteiger partial charge in [-0.3, -0.25) is 4.98 Å². The van der Waals surface area contributed by atoms with Crippen LogP contribution in [0.1, 0.15) is 33.4 Å². The molecule has 0 saturated carbocycles. The van der Waals surface area contributed by atoms with Crippen LogP contribution in [0.4, 0.5) is 0 Å². The Balaban J connectivity index is 1.35. The molecule has 46 heavy (non-hydrogen) atoms. The minimum atomic E-state index is -0.535. The number of fused-ring (bicyclic) bond motifs is 8. The molecular weight excluding hydrogens is 579 g/mol. The number of hydrogen-bond donors (Lipinski definition) is 0. The van der Waals surface area contributed by atoms with Gasteiger partial charge in [0.05, 0.1) is 16.8 Å². The maximum atomic E-state index is 5.18. The standard InChI is InChI=1S/C42H27N3S/c1-2-12-30(13-3-1)37-26-38(32-14-10-24-43-27-32)45-41(44-37)31-23-22-29-21-20-28-11-4-5-15-33(28)42(36(29)25-31)34-16-6-8-18-39(34)46-40-19-9-7-17-35(40)42/h1-27H. The van der Waals surface area contributed by atoms with Crippen LogP contribution in [0, 0.1) is 0 Å². The number of pyridine rings is 1. The highest BCUT2D eigenvalue weighted by atomic mass is 32.2. The van der Waals surface area contributed by atoms with E-state index in [1.807, 2.05) is 42.2 Å². The van der Waals surface area contributed by atoms with E-state index in [0.717, 1.165) is 28.1 Å². The Labute approximate surface area is 272 Å². The van der Waals surface area contributed by atoms with Crippen LogP contribution in [-0.2, 0) is 5.41 Å². The lowest BCUT2D eigenvalue weighted by atomic mass is 9.63. The quantitative estimate of drug-likeness (QED) is 0.201. The van der Waals surface area contributed by atoms with E-state index in [2.05, 4.69) is 132 Å². The van der Waals surface area contributed by atoms with Crippen molar-refractivity contribution in [1.82, 2.24) is 15.0 Å². The SMILES string of the molecule is C1=Cc2ccc(-c3nc(-c4ccccc4)cc(-c4cccnc4)n3)cc2C2(c3ccccc31)c1ccccc1Sc1ccccc12. The maximum absolute atomic E-state index is 5.18. The lowest BCUT2D eigenvalue weighted by Crippen LogP contribution is -2.35. The maximum Gasteiger partial charge on any atom is 0.160 e. The van der Waals surface area contributed by atoms with Crippen molar-refractivity contribution in [3.63, 3.8) is 0 Å². The molecule has 7 aromatic rings. The van der Waals surface area contributed by atoms with Crippen molar-refractivity contribution < 1.29 is 0 Å². The predicted octanol–water partition coefficient (Wildman–Crippen LogP) is 10.2. The number of nitrogens with zero attached hydrogens (tertiary/aromatic N) is 3. The van der Waals surface area contributed by atoms with Crippen LogP contribution in [0.2, 0.25) is 0 Å². The van der Waals surface area contributed by atoms with E-state index in [0.29, 0.717) is 5.82 Å². The van der Waals surface area contributed by atoms with E-state index in [-0.39, 0.29) is 0 Å². The smallest absolute Gasteiger partial charge is 0.160 e. The molecule has 3 nitrogen and oxygen atoms in total. The van der Waals surface area contributed by atoms with Crippen LogP contribution < -0.4 is 0 Å². The van der Waals surface area contributed by atoms with Crippen molar-refractivity contribution in [3.8, 4) is 33.9 Å². The number of benzene rings is 5. The molecule has 0 amide bonds. The van der Waals surface area contributed by atoms with Gasteiger partial charge in [-0.15, -0.1) is 0 Å². The van der Waals surface area contributed by atoms with E-state index < -0.39 is 5.41 Å². The van der Waals surface area contributed by atoms with Gasteiger partial charge in [-0.05, 0) is 69.8 Å². The van der Waals surface area contributed by atoms with Crippen LogP contribution in [0.3, 0.4) is 0 Å². The molecule has 0 saturated heterocycles. The molecule has 0 unspecified atom stereocenters. The predicted molar refractivity (Wildman–Crippen MR) is 187 cm³/mol. The van der Waals surface area contributed by atoms with Crippen molar-refractivity contribution in [1.29, 1.82) is 0 Å². The first-order chi connectivity index (χ1) is 22.8. The normalized spacial score (nSPS) is 13.7. The first kappa shape index (κ1) is 26.8. The average molecular weight is 606 g/mol. The van der Waals surface area contributed by atoms with Crippen molar-refractivity contribution in [2.45, 2.75) is 15.2 Å². The summed E-state index contributed by atoms with van der Waals surface area (Å²) in [4.78, 5) is 17.3. The van der Waals surface area contributed by atoms with Gasteiger partial charge in [0.25, 0.3) is 0 Å². The van der Waals surface area contributed by atoms with Gasteiger partial charge in [-0.25, -0.2) is 9.97 Å². The molecule has 9 rings (SSSR count). The summed E-state index contributed by atoms with van der Waals surface area (Å²) < 4.78 is 0. The van der Waals surface area contributed by atoms with Crippen molar-refractivity contribution in [3.05, 3.63) is 185 Å². The molecule has 0 N–H and O–H groups in total. The van der Waals surface area contributed by atoms with Gasteiger partial charge >= 0.3 is 0 Å².